The van der Waals surface area contributed by atoms with Gasteiger partial charge in [-0.25, -0.2) is 0 Å². The predicted molar refractivity (Wildman–Crippen MR) is 86.4 cm³/mol. The number of hydrogen-bond acceptors (Lipinski definition) is 3. The molecule has 2 aliphatic rings. The summed E-state index contributed by atoms with van der Waals surface area (Å²) in [7, 11) is 1.72. The van der Waals surface area contributed by atoms with E-state index in [1.807, 2.05) is 12.1 Å². The first-order chi connectivity index (χ1) is 9.51. The minimum absolute atomic E-state index is 0.0369. The SMILES string of the molecule is C=CCN1CC(C)[C@H]2c3cc(OC)cc(Br)c3NC21C. The van der Waals surface area contributed by atoms with E-state index in [1.165, 1.54) is 11.3 Å². The Hall–Kier alpha value is -1.00. The first-order valence-corrected chi connectivity index (χ1v) is 7.82. The summed E-state index contributed by atoms with van der Waals surface area (Å²) in [5.74, 6) is 1.99. The normalized spacial score (nSPS) is 31.6. The maximum absolute atomic E-state index is 5.42. The molecule has 2 aliphatic heterocycles. The number of ether oxygens (including phenoxy) is 1. The van der Waals surface area contributed by atoms with E-state index in [0.717, 1.165) is 23.3 Å². The molecule has 0 radical (unpaired) electrons. The van der Waals surface area contributed by atoms with Crippen molar-refractivity contribution in [3.05, 3.63) is 34.8 Å². The maximum atomic E-state index is 5.42. The van der Waals surface area contributed by atoms with Crippen molar-refractivity contribution in [2.75, 3.05) is 25.5 Å². The van der Waals surface area contributed by atoms with Crippen LogP contribution in [0.3, 0.4) is 0 Å². The summed E-state index contributed by atoms with van der Waals surface area (Å²) >= 11 is 3.67. The minimum atomic E-state index is -0.0369. The van der Waals surface area contributed by atoms with Gasteiger partial charge in [0, 0.05) is 23.5 Å². The van der Waals surface area contributed by atoms with Gasteiger partial charge in [0.05, 0.1) is 18.5 Å². The van der Waals surface area contributed by atoms with Crippen molar-refractivity contribution in [3.63, 3.8) is 0 Å². The molecule has 1 N–H and O–H groups in total. The molecule has 3 nitrogen and oxygen atoms in total. The van der Waals surface area contributed by atoms with E-state index in [9.17, 15) is 0 Å². The number of rotatable bonds is 3. The van der Waals surface area contributed by atoms with Gasteiger partial charge in [-0.05, 0) is 46.5 Å². The quantitative estimate of drug-likeness (QED) is 0.849. The summed E-state index contributed by atoms with van der Waals surface area (Å²) in [5, 5.41) is 3.73. The van der Waals surface area contributed by atoms with Crippen LogP contribution in [-0.4, -0.2) is 30.8 Å². The Morgan fingerprint density at radius 3 is 3.00 bits per heavy atom. The van der Waals surface area contributed by atoms with Crippen LogP contribution in [-0.2, 0) is 0 Å². The van der Waals surface area contributed by atoms with E-state index < -0.39 is 0 Å². The smallest absolute Gasteiger partial charge is 0.120 e. The highest BCUT2D eigenvalue weighted by Gasteiger charge is 2.54. The van der Waals surface area contributed by atoms with Gasteiger partial charge >= 0.3 is 0 Å². The van der Waals surface area contributed by atoms with Crippen LogP contribution in [0.25, 0.3) is 0 Å². The molecule has 0 bridgehead atoms. The molecule has 0 aliphatic carbocycles. The first kappa shape index (κ1) is 14.0. The Kier molecular flexibility index (Phi) is 3.33. The lowest BCUT2D eigenvalue weighted by Crippen LogP contribution is -2.48. The van der Waals surface area contributed by atoms with E-state index in [1.54, 1.807) is 7.11 Å². The average Bonchev–Trinajstić information content (AvgIpc) is 2.83. The largest absolute Gasteiger partial charge is 0.497 e. The molecule has 0 spiro atoms. The topological polar surface area (TPSA) is 24.5 Å². The van der Waals surface area contributed by atoms with Crippen molar-refractivity contribution in [2.45, 2.75) is 25.4 Å². The molecule has 3 rings (SSSR count). The van der Waals surface area contributed by atoms with E-state index in [2.05, 4.69) is 52.6 Å². The van der Waals surface area contributed by atoms with E-state index >= 15 is 0 Å². The van der Waals surface area contributed by atoms with Crippen LogP contribution in [0.1, 0.15) is 25.3 Å². The van der Waals surface area contributed by atoms with Crippen molar-refractivity contribution in [3.8, 4) is 5.75 Å². The third kappa shape index (κ3) is 1.81. The van der Waals surface area contributed by atoms with E-state index in [0.29, 0.717) is 11.8 Å². The zero-order valence-electron chi connectivity index (χ0n) is 12.2. The number of fused-ring (bicyclic) bond motifs is 3. The van der Waals surface area contributed by atoms with Gasteiger partial charge in [0.25, 0.3) is 0 Å². The van der Waals surface area contributed by atoms with Crippen LogP contribution in [0, 0.1) is 5.92 Å². The second-order valence-electron chi connectivity index (χ2n) is 5.99. The number of nitrogens with one attached hydrogen (secondary N) is 1. The Bertz CT molecular complexity index is 560. The van der Waals surface area contributed by atoms with Gasteiger partial charge in [-0.1, -0.05) is 13.0 Å². The highest BCUT2D eigenvalue weighted by molar-refractivity contribution is 9.10. The minimum Gasteiger partial charge on any atom is -0.497 e. The fourth-order valence-corrected chi connectivity index (χ4v) is 4.48. The van der Waals surface area contributed by atoms with Gasteiger partial charge in [-0.2, -0.15) is 0 Å². The first-order valence-electron chi connectivity index (χ1n) is 7.02. The zero-order chi connectivity index (χ0) is 14.5. The van der Waals surface area contributed by atoms with Crippen molar-refractivity contribution in [1.29, 1.82) is 0 Å². The fourth-order valence-electron chi connectivity index (χ4n) is 3.93. The van der Waals surface area contributed by atoms with Crippen molar-refractivity contribution in [2.24, 2.45) is 5.92 Å². The van der Waals surface area contributed by atoms with E-state index in [-0.39, 0.29) is 5.66 Å². The van der Waals surface area contributed by atoms with Crippen LogP contribution < -0.4 is 10.1 Å². The number of hydrogen-bond donors (Lipinski definition) is 1. The van der Waals surface area contributed by atoms with Crippen molar-refractivity contribution in [1.82, 2.24) is 4.90 Å². The molecule has 1 saturated heterocycles. The lowest BCUT2D eigenvalue weighted by Gasteiger charge is -2.35. The molecular weight excluding hydrogens is 316 g/mol. The number of halogens is 1. The average molecular weight is 337 g/mol. The summed E-state index contributed by atoms with van der Waals surface area (Å²) in [6, 6.07) is 4.20. The van der Waals surface area contributed by atoms with Gasteiger partial charge in [-0.3, -0.25) is 4.90 Å². The summed E-state index contributed by atoms with van der Waals surface area (Å²) in [5.41, 5.74) is 2.53. The molecule has 1 aromatic rings. The van der Waals surface area contributed by atoms with Gasteiger partial charge in [0.2, 0.25) is 0 Å². The number of benzene rings is 1. The Balaban J connectivity index is 2.09. The molecule has 108 valence electrons. The third-order valence-electron chi connectivity index (χ3n) is 4.73. The molecular formula is C16H21BrN2O. The molecule has 4 heteroatoms. The monoisotopic (exact) mass is 336 g/mol. The summed E-state index contributed by atoms with van der Waals surface area (Å²) < 4.78 is 6.50. The number of anilines is 1. The van der Waals surface area contributed by atoms with Gasteiger partial charge < -0.3 is 10.1 Å². The van der Waals surface area contributed by atoms with Crippen LogP contribution in [0.4, 0.5) is 5.69 Å². The summed E-state index contributed by atoms with van der Waals surface area (Å²) in [6.45, 7) is 10.5. The predicted octanol–water partition coefficient (Wildman–Crippen LogP) is 3.82. The fraction of sp³-hybridized carbons (Fsp3) is 0.500. The van der Waals surface area contributed by atoms with Crippen LogP contribution in [0.15, 0.2) is 29.3 Å². The third-order valence-corrected chi connectivity index (χ3v) is 5.36. The van der Waals surface area contributed by atoms with Crippen LogP contribution in [0.2, 0.25) is 0 Å². The van der Waals surface area contributed by atoms with E-state index in [4.69, 9.17) is 4.74 Å². The molecule has 3 atom stereocenters. The standard InChI is InChI=1S/C16H21BrN2O/c1-5-6-19-9-10(2)14-12-7-11(20-4)8-13(17)15(12)18-16(14,19)3/h5,7-8,10,14,18H,1,6,9H2,2-4H3/t10?,14-,16?/m0/s1. The van der Waals surface area contributed by atoms with Crippen molar-refractivity contribution >= 4 is 21.6 Å². The number of likely N-dealkylation sites (tertiary alicyclic amines) is 1. The number of nitrogens with zero attached hydrogens (tertiary/aromatic N) is 1. The Labute approximate surface area is 129 Å². The maximum Gasteiger partial charge on any atom is 0.120 e. The summed E-state index contributed by atoms with van der Waals surface area (Å²) in [6.07, 6.45) is 1.99. The molecule has 1 fully saturated rings. The highest BCUT2D eigenvalue weighted by atomic mass is 79.9. The molecule has 1 aromatic carbocycles. The Morgan fingerprint density at radius 1 is 1.60 bits per heavy atom. The molecule has 0 amide bonds. The lowest BCUT2D eigenvalue weighted by atomic mass is 9.85. The van der Waals surface area contributed by atoms with Gasteiger partial charge in [-0.15, -0.1) is 6.58 Å². The number of methoxy groups -OCH3 is 1. The molecule has 2 heterocycles. The van der Waals surface area contributed by atoms with Crippen LogP contribution >= 0.6 is 15.9 Å². The Morgan fingerprint density at radius 2 is 2.35 bits per heavy atom. The molecule has 0 saturated carbocycles. The second kappa shape index (κ2) is 4.78. The molecule has 20 heavy (non-hydrogen) atoms. The van der Waals surface area contributed by atoms with Crippen molar-refractivity contribution < 1.29 is 4.74 Å². The highest BCUT2D eigenvalue weighted by Crippen LogP contribution is 2.55. The second-order valence-corrected chi connectivity index (χ2v) is 6.85. The summed E-state index contributed by atoms with van der Waals surface area (Å²) in [4.78, 5) is 2.48. The zero-order valence-corrected chi connectivity index (χ0v) is 13.8. The van der Waals surface area contributed by atoms with Crippen LogP contribution in [0.5, 0.6) is 5.75 Å². The van der Waals surface area contributed by atoms with Gasteiger partial charge in [0.1, 0.15) is 5.75 Å². The molecule has 0 aromatic heterocycles. The lowest BCUT2D eigenvalue weighted by molar-refractivity contribution is 0.198. The molecule has 2 unspecified atom stereocenters. The van der Waals surface area contributed by atoms with Gasteiger partial charge in [0.15, 0.2) is 0 Å².